The molecule has 0 unspecified atom stereocenters. The van der Waals surface area contributed by atoms with Gasteiger partial charge in [0.05, 0.1) is 0 Å². The van der Waals surface area contributed by atoms with Gasteiger partial charge in [0.2, 0.25) is 0 Å². The molecular formula is C31H45F17O2. The van der Waals surface area contributed by atoms with Crippen molar-refractivity contribution < 1.29 is 84.5 Å². The number of alkyl halides is 17. The van der Waals surface area contributed by atoms with Crippen LogP contribution in [0, 0.1) is 0 Å². The molecule has 0 rings (SSSR count). The first-order chi connectivity index (χ1) is 22.7. The quantitative estimate of drug-likeness (QED) is 0.0607. The van der Waals surface area contributed by atoms with E-state index in [1.54, 1.807) is 0 Å². The number of carboxylic acids is 1. The van der Waals surface area contributed by atoms with E-state index in [9.17, 15) is 79.4 Å². The Balaban J connectivity index is 4.42. The predicted molar refractivity (Wildman–Crippen MR) is 150 cm³/mol. The molecule has 0 aliphatic rings. The number of rotatable bonds is 29. The van der Waals surface area contributed by atoms with Gasteiger partial charge in [-0.3, -0.25) is 4.79 Å². The fourth-order valence-electron chi connectivity index (χ4n) is 5.16. The lowest BCUT2D eigenvalue weighted by Gasteiger charge is -2.42. The van der Waals surface area contributed by atoms with Crippen LogP contribution in [0.5, 0.6) is 0 Å². The summed E-state index contributed by atoms with van der Waals surface area (Å²) in [4.78, 5) is 10.4. The lowest BCUT2D eigenvalue weighted by atomic mass is 9.87. The Morgan fingerprint density at radius 3 is 0.800 bits per heavy atom. The van der Waals surface area contributed by atoms with E-state index in [4.69, 9.17) is 5.11 Å². The van der Waals surface area contributed by atoms with Gasteiger partial charge in [-0.1, -0.05) is 116 Å². The molecule has 0 spiro atoms. The summed E-state index contributed by atoms with van der Waals surface area (Å²) < 4.78 is 227. The zero-order chi connectivity index (χ0) is 39.1. The number of carbonyl (C=O) groups is 1. The summed E-state index contributed by atoms with van der Waals surface area (Å²) >= 11 is 0. The Labute approximate surface area is 279 Å². The summed E-state index contributed by atoms with van der Waals surface area (Å²) in [6.45, 7) is 0. The van der Waals surface area contributed by atoms with Gasteiger partial charge in [-0.15, -0.1) is 0 Å². The third-order valence-electron chi connectivity index (χ3n) is 8.42. The highest BCUT2D eigenvalue weighted by Crippen LogP contribution is 2.64. The molecule has 0 fully saturated rings. The first kappa shape index (κ1) is 48.3. The molecule has 1 N–H and O–H groups in total. The van der Waals surface area contributed by atoms with Crippen LogP contribution in [0.3, 0.4) is 0 Å². The first-order valence-corrected chi connectivity index (χ1v) is 16.6. The van der Waals surface area contributed by atoms with Gasteiger partial charge in [0.25, 0.3) is 0 Å². The van der Waals surface area contributed by atoms with Gasteiger partial charge >= 0.3 is 53.6 Å². The largest absolute Gasteiger partial charge is 0.481 e. The van der Waals surface area contributed by atoms with Gasteiger partial charge in [-0.05, 0) is 12.8 Å². The zero-order valence-corrected chi connectivity index (χ0v) is 27.3. The summed E-state index contributed by atoms with van der Waals surface area (Å²) in [5.41, 5.74) is 0. The molecule has 0 bridgehead atoms. The number of unbranched alkanes of at least 4 members (excludes halogenated alkanes) is 19. The van der Waals surface area contributed by atoms with Crippen molar-refractivity contribution in [1.29, 1.82) is 0 Å². The van der Waals surface area contributed by atoms with Gasteiger partial charge in [-0.2, -0.15) is 74.6 Å². The van der Waals surface area contributed by atoms with Crippen molar-refractivity contribution in [3.8, 4) is 0 Å². The number of hydrogen-bond acceptors (Lipinski definition) is 1. The topological polar surface area (TPSA) is 37.3 Å². The minimum atomic E-state index is -8.59. The molecule has 0 amide bonds. The molecular weight excluding hydrogens is 727 g/mol. The van der Waals surface area contributed by atoms with Crippen molar-refractivity contribution in [1.82, 2.24) is 0 Å². The maximum atomic E-state index is 14.0. The molecule has 300 valence electrons. The molecule has 19 heteroatoms. The first-order valence-electron chi connectivity index (χ1n) is 16.6. The normalized spacial score (nSPS) is 14.4. The van der Waals surface area contributed by atoms with Crippen LogP contribution >= 0.6 is 0 Å². The van der Waals surface area contributed by atoms with Crippen molar-refractivity contribution in [2.75, 3.05) is 0 Å². The summed E-state index contributed by atoms with van der Waals surface area (Å²) in [7, 11) is 0. The molecule has 0 aliphatic heterocycles. The van der Waals surface area contributed by atoms with Crippen molar-refractivity contribution in [3.63, 3.8) is 0 Å². The predicted octanol–water partition coefficient (Wildman–Crippen LogP) is 13.7. The van der Waals surface area contributed by atoms with Crippen molar-refractivity contribution in [3.05, 3.63) is 0 Å². The Kier molecular flexibility index (Phi) is 19.2. The van der Waals surface area contributed by atoms with E-state index in [0.29, 0.717) is 19.3 Å². The standard InChI is InChI=1S/C31H45F17O2/c32-24(33,25(34,35)26(36,37)27(38,39)28(40,41)29(42,43)30(44,45)31(46,47)48)22-20-18-16-14-12-10-8-6-4-2-1-3-5-7-9-11-13-15-17-19-21-23(49)50/h1-22H2,(H,49,50). The van der Waals surface area contributed by atoms with Crippen LogP contribution in [0.2, 0.25) is 0 Å². The van der Waals surface area contributed by atoms with E-state index in [1.807, 2.05) is 0 Å². The lowest BCUT2D eigenvalue weighted by molar-refractivity contribution is -0.461. The van der Waals surface area contributed by atoms with Crippen LogP contribution in [0.4, 0.5) is 74.6 Å². The van der Waals surface area contributed by atoms with Gasteiger partial charge in [0.1, 0.15) is 0 Å². The highest BCUT2D eigenvalue weighted by atomic mass is 19.4. The van der Waals surface area contributed by atoms with Crippen LogP contribution < -0.4 is 0 Å². The number of hydrogen-bond donors (Lipinski definition) is 1. The fourth-order valence-corrected chi connectivity index (χ4v) is 5.16. The molecule has 0 aromatic carbocycles. The van der Waals surface area contributed by atoms with Gasteiger partial charge in [0, 0.05) is 12.8 Å². The third-order valence-corrected chi connectivity index (χ3v) is 8.42. The van der Waals surface area contributed by atoms with Gasteiger partial charge < -0.3 is 5.11 Å². The number of carboxylic acid groups (broad SMARTS) is 1. The second-order valence-electron chi connectivity index (χ2n) is 12.6. The van der Waals surface area contributed by atoms with E-state index >= 15 is 0 Å². The molecule has 0 saturated heterocycles. The van der Waals surface area contributed by atoms with Crippen molar-refractivity contribution in [2.45, 2.75) is 189 Å². The van der Waals surface area contributed by atoms with Crippen molar-refractivity contribution in [2.24, 2.45) is 0 Å². The Bertz CT molecular complexity index is 965. The van der Waals surface area contributed by atoms with Crippen LogP contribution in [-0.2, 0) is 4.79 Å². The van der Waals surface area contributed by atoms with E-state index in [-0.39, 0.29) is 19.3 Å². The monoisotopic (exact) mass is 772 g/mol. The Morgan fingerprint density at radius 1 is 0.320 bits per heavy atom. The minimum Gasteiger partial charge on any atom is -0.481 e. The minimum absolute atomic E-state index is 0.0791. The second-order valence-corrected chi connectivity index (χ2v) is 12.6. The molecule has 0 aromatic rings. The van der Waals surface area contributed by atoms with Crippen LogP contribution in [0.1, 0.15) is 141 Å². The lowest BCUT2D eigenvalue weighted by Crippen LogP contribution is -2.74. The van der Waals surface area contributed by atoms with Crippen molar-refractivity contribution >= 4 is 5.97 Å². The maximum Gasteiger partial charge on any atom is 0.460 e. The number of halogens is 17. The molecule has 0 heterocycles. The fraction of sp³-hybridized carbons (Fsp3) is 0.968. The molecule has 0 radical (unpaired) electrons. The zero-order valence-electron chi connectivity index (χ0n) is 27.3. The smallest absolute Gasteiger partial charge is 0.460 e. The molecule has 0 atom stereocenters. The SMILES string of the molecule is O=C(O)CCCCCCCCCCCCCCCCCCCCCCC(F)(F)C(F)(F)C(F)(F)C(F)(F)C(F)(F)C(F)(F)C(F)(F)C(F)(F)F. The number of aliphatic carboxylic acids is 1. The van der Waals surface area contributed by atoms with E-state index in [0.717, 1.165) is 89.9 Å². The van der Waals surface area contributed by atoms with E-state index in [2.05, 4.69) is 0 Å². The summed E-state index contributed by atoms with van der Waals surface area (Å²) in [5, 5.41) is 8.57. The Hall–Kier alpha value is -1.72. The molecule has 0 saturated carbocycles. The van der Waals surface area contributed by atoms with E-state index in [1.165, 1.54) is 0 Å². The van der Waals surface area contributed by atoms with Crippen LogP contribution in [0.15, 0.2) is 0 Å². The Morgan fingerprint density at radius 2 is 0.540 bits per heavy atom. The summed E-state index contributed by atoms with van der Waals surface area (Å²) in [5.74, 6) is -56.6. The average molecular weight is 773 g/mol. The van der Waals surface area contributed by atoms with E-state index < -0.39 is 66.4 Å². The summed E-state index contributed by atoms with van der Waals surface area (Å²) in [6.07, 6.45) is 4.64. The molecule has 0 aliphatic carbocycles. The highest BCUT2D eigenvalue weighted by Gasteiger charge is 2.95. The van der Waals surface area contributed by atoms with Crippen LogP contribution in [0.25, 0.3) is 0 Å². The molecule has 2 nitrogen and oxygen atoms in total. The third kappa shape index (κ3) is 12.5. The maximum absolute atomic E-state index is 14.0. The average Bonchev–Trinajstić information content (AvgIpc) is 2.98. The molecule has 0 aromatic heterocycles. The second kappa shape index (κ2) is 19.9. The highest BCUT2D eigenvalue weighted by molar-refractivity contribution is 5.66. The van der Waals surface area contributed by atoms with Gasteiger partial charge in [-0.25, -0.2) is 0 Å². The van der Waals surface area contributed by atoms with Crippen LogP contribution in [-0.4, -0.2) is 58.7 Å². The molecule has 50 heavy (non-hydrogen) atoms. The van der Waals surface area contributed by atoms with Gasteiger partial charge in [0.15, 0.2) is 0 Å². The summed E-state index contributed by atoms with van der Waals surface area (Å²) in [6, 6.07) is 0.